The average molecular weight is 234 g/mol. The monoisotopic (exact) mass is 234 g/mol. The summed E-state index contributed by atoms with van der Waals surface area (Å²) < 4.78 is 5.26. The lowest BCUT2D eigenvalue weighted by molar-refractivity contribution is 0.201. The van der Waals surface area contributed by atoms with E-state index in [-0.39, 0.29) is 6.61 Å². The van der Waals surface area contributed by atoms with E-state index < -0.39 is 0 Å². The van der Waals surface area contributed by atoms with Crippen molar-refractivity contribution in [2.45, 2.75) is 6.54 Å². The minimum Gasteiger partial charge on any atom is -0.491 e. The normalized spacial score (nSPS) is 10.2. The van der Waals surface area contributed by atoms with Gasteiger partial charge < -0.3 is 15.2 Å². The van der Waals surface area contributed by atoms with Crippen LogP contribution in [0.15, 0.2) is 30.6 Å². The Morgan fingerprint density at radius 1 is 1.29 bits per heavy atom. The molecule has 0 bridgehead atoms. The molecule has 6 heteroatoms. The molecule has 2 aromatic rings. The number of hydrogen-bond donors (Lipinski definition) is 3. The van der Waals surface area contributed by atoms with Gasteiger partial charge in [0.1, 0.15) is 18.7 Å². The lowest BCUT2D eigenvalue weighted by Gasteiger charge is -2.06. The van der Waals surface area contributed by atoms with Crippen molar-refractivity contribution in [3.8, 4) is 5.75 Å². The van der Waals surface area contributed by atoms with Gasteiger partial charge in [-0.25, -0.2) is 10.1 Å². The second-order valence-corrected chi connectivity index (χ2v) is 3.40. The highest BCUT2D eigenvalue weighted by atomic mass is 16.5. The van der Waals surface area contributed by atoms with E-state index in [0.717, 1.165) is 11.3 Å². The summed E-state index contributed by atoms with van der Waals surface area (Å²) in [4.78, 5) is 3.96. The average Bonchev–Trinajstić information content (AvgIpc) is 2.88. The summed E-state index contributed by atoms with van der Waals surface area (Å²) in [6.45, 7) is 1.000. The van der Waals surface area contributed by atoms with Crippen LogP contribution < -0.4 is 10.1 Å². The van der Waals surface area contributed by atoms with E-state index in [4.69, 9.17) is 9.84 Å². The number of aliphatic hydroxyl groups is 1. The number of aromatic amines is 1. The Balaban J connectivity index is 1.85. The molecule has 6 nitrogen and oxygen atoms in total. The molecule has 1 aromatic heterocycles. The molecule has 1 aromatic carbocycles. The van der Waals surface area contributed by atoms with E-state index in [1.807, 2.05) is 24.3 Å². The highest BCUT2D eigenvalue weighted by Gasteiger charge is 1.97. The Morgan fingerprint density at radius 2 is 2.12 bits per heavy atom. The fourth-order valence-electron chi connectivity index (χ4n) is 1.34. The number of H-pyrrole nitrogens is 1. The van der Waals surface area contributed by atoms with Crippen molar-refractivity contribution >= 4 is 5.95 Å². The Hall–Kier alpha value is -2.08. The fourth-order valence-corrected chi connectivity index (χ4v) is 1.34. The second kappa shape index (κ2) is 5.86. The fraction of sp³-hybridized carbons (Fsp3) is 0.273. The molecule has 0 saturated carbocycles. The van der Waals surface area contributed by atoms with Crippen molar-refractivity contribution in [2.75, 3.05) is 18.5 Å². The summed E-state index contributed by atoms with van der Waals surface area (Å²) in [6.07, 6.45) is 1.45. The smallest absolute Gasteiger partial charge is 0.218 e. The predicted molar refractivity (Wildman–Crippen MR) is 62.7 cm³/mol. The molecule has 0 radical (unpaired) electrons. The van der Waals surface area contributed by atoms with E-state index in [1.165, 1.54) is 6.33 Å². The summed E-state index contributed by atoms with van der Waals surface area (Å²) in [6, 6.07) is 7.65. The van der Waals surface area contributed by atoms with Crippen LogP contribution in [0.1, 0.15) is 5.56 Å². The van der Waals surface area contributed by atoms with Gasteiger partial charge in [-0.2, -0.15) is 5.10 Å². The minimum atomic E-state index is 0.0226. The lowest BCUT2D eigenvalue weighted by atomic mass is 10.2. The number of anilines is 1. The molecule has 2 rings (SSSR count). The quantitative estimate of drug-likeness (QED) is 0.688. The first-order chi connectivity index (χ1) is 8.38. The highest BCUT2D eigenvalue weighted by Crippen LogP contribution is 2.12. The molecule has 3 N–H and O–H groups in total. The number of hydrogen-bond acceptors (Lipinski definition) is 5. The molecular weight excluding hydrogens is 220 g/mol. The van der Waals surface area contributed by atoms with Crippen molar-refractivity contribution < 1.29 is 9.84 Å². The molecule has 0 amide bonds. The van der Waals surface area contributed by atoms with Gasteiger partial charge in [-0.15, -0.1) is 0 Å². The molecule has 1 heterocycles. The Morgan fingerprint density at radius 3 is 2.76 bits per heavy atom. The molecule has 17 heavy (non-hydrogen) atoms. The molecule has 0 unspecified atom stereocenters. The van der Waals surface area contributed by atoms with Crippen molar-refractivity contribution in [1.82, 2.24) is 15.2 Å². The van der Waals surface area contributed by atoms with Gasteiger partial charge >= 0.3 is 0 Å². The number of aliphatic hydroxyl groups excluding tert-OH is 1. The number of nitrogens with one attached hydrogen (secondary N) is 2. The van der Waals surface area contributed by atoms with Crippen LogP contribution in [-0.4, -0.2) is 33.5 Å². The van der Waals surface area contributed by atoms with Crippen molar-refractivity contribution in [3.63, 3.8) is 0 Å². The molecule has 0 fully saturated rings. The maximum absolute atomic E-state index is 8.62. The molecule has 0 saturated heterocycles. The third kappa shape index (κ3) is 3.46. The summed E-state index contributed by atoms with van der Waals surface area (Å²) in [7, 11) is 0. The SMILES string of the molecule is OCCOc1ccc(CNc2ncn[nH]2)cc1. The van der Waals surface area contributed by atoms with Gasteiger partial charge in [0.15, 0.2) is 0 Å². The van der Waals surface area contributed by atoms with Crippen LogP contribution in [0.5, 0.6) is 5.75 Å². The van der Waals surface area contributed by atoms with E-state index in [9.17, 15) is 0 Å². The van der Waals surface area contributed by atoms with E-state index in [2.05, 4.69) is 20.5 Å². The van der Waals surface area contributed by atoms with Crippen LogP contribution in [0.25, 0.3) is 0 Å². The molecule has 90 valence electrons. The van der Waals surface area contributed by atoms with E-state index in [1.54, 1.807) is 0 Å². The zero-order valence-corrected chi connectivity index (χ0v) is 9.26. The zero-order chi connectivity index (χ0) is 11.9. The highest BCUT2D eigenvalue weighted by molar-refractivity contribution is 5.30. The molecule has 0 spiro atoms. The van der Waals surface area contributed by atoms with Crippen molar-refractivity contribution in [3.05, 3.63) is 36.2 Å². The number of ether oxygens (including phenoxy) is 1. The zero-order valence-electron chi connectivity index (χ0n) is 9.26. The number of benzene rings is 1. The number of nitrogens with zero attached hydrogens (tertiary/aromatic N) is 2. The summed E-state index contributed by atoms with van der Waals surface area (Å²) in [5.74, 6) is 1.40. The van der Waals surface area contributed by atoms with Gasteiger partial charge in [0, 0.05) is 6.54 Å². The Kier molecular flexibility index (Phi) is 3.93. The molecular formula is C11H14N4O2. The first-order valence-corrected chi connectivity index (χ1v) is 5.30. The van der Waals surface area contributed by atoms with Crippen LogP contribution in [0.4, 0.5) is 5.95 Å². The number of aromatic nitrogens is 3. The van der Waals surface area contributed by atoms with Crippen molar-refractivity contribution in [2.24, 2.45) is 0 Å². The van der Waals surface area contributed by atoms with Gasteiger partial charge in [-0.05, 0) is 17.7 Å². The van der Waals surface area contributed by atoms with Crippen LogP contribution in [0, 0.1) is 0 Å². The topological polar surface area (TPSA) is 83.1 Å². The second-order valence-electron chi connectivity index (χ2n) is 3.40. The third-order valence-electron chi connectivity index (χ3n) is 2.16. The van der Waals surface area contributed by atoms with Gasteiger partial charge in [-0.3, -0.25) is 0 Å². The minimum absolute atomic E-state index is 0.0226. The Labute approximate surface area is 98.7 Å². The van der Waals surface area contributed by atoms with Crippen LogP contribution in [-0.2, 0) is 6.54 Å². The number of rotatable bonds is 6. The van der Waals surface area contributed by atoms with E-state index >= 15 is 0 Å². The van der Waals surface area contributed by atoms with Crippen LogP contribution in [0.2, 0.25) is 0 Å². The first-order valence-electron chi connectivity index (χ1n) is 5.30. The predicted octanol–water partition coefficient (Wildman–Crippen LogP) is 0.788. The maximum Gasteiger partial charge on any atom is 0.218 e. The van der Waals surface area contributed by atoms with Gasteiger partial charge in [-0.1, -0.05) is 12.1 Å². The van der Waals surface area contributed by atoms with Crippen LogP contribution >= 0.6 is 0 Å². The van der Waals surface area contributed by atoms with Crippen LogP contribution in [0.3, 0.4) is 0 Å². The summed E-state index contributed by atoms with van der Waals surface area (Å²) in [5, 5.41) is 18.2. The Bertz CT molecular complexity index is 427. The standard InChI is InChI=1S/C11H14N4O2/c16-5-6-17-10-3-1-9(2-4-10)7-12-11-13-8-14-15-11/h1-4,8,16H,5-7H2,(H2,12,13,14,15). The maximum atomic E-state index is 8.62. The van der Waals surface area contributed by atoms with E-state index in [0.29, 0.717) is 19.1 Å². The molecule has 0 atom stereocenters. The molecule has 0 aliphatic rings. The summed E-state index contributed by atoms with van der Waals surface area (Å²) >= 11 is 0. The van der Waals surface area contributed by atoms with Gasteiger partial charge in [0.05, 0.1) is 6.61 Å². The summed E-state index contributed by atoms with van der Waals surface area (Å²) in [5.41, 5.74) is 1.11. The van der Waals surface area contributed by atoms with Crippen molar-refractivity contribution in [1.29, 1.82) is 0 Å². The van der Waals surface area contributed by atoms with Gasteiger partial charge in [0.2, 0.25) is 5.95 Å². The molecule has 0 aliphatic heterocycles. The third-order valence-corrected chi connectivity index (χ3v) is 2.16. The van der Waals surface area contributed by atoms with Gasteiger partial charge in [0.25, 0.3) is 0 Å². The largest absolute Gasteiger partial charge is 0.491 e. The molecule has 0 aliphatic carbocycles. The first kappa shape index (κ1) is 11.4. The lowest BCUT2D eigenvalue weighted by Crippen LogP contribution is -2.03.